The standard InChI is InChI=1S/C28H31N5O7S/c1-18(2)16-33(17-24(34)23(31-28(36)37)13-19-7-4-3-5-8-19)41(38,39)21-10-11-22-25(14-21)40-27(30-22)32-26(35)20-9-6-12-29-15-20/h3-12,14-15,18,23-24,31,34H,13,16-17H2,1-2H3,(H,36,37)(H,30,32,35). The first-order valence-electron chi connectivity index (χ1n) is 12.9. The number of fused-ring (bicyclic) bond motifs is 1. The third kappa shape index (κ3) is 7.66. The number of pyridine rings is 1. The molecule has 4 rings (SSSR count). The zero-order valence-corrected chi connectivity index (χ0v) is 23.3. The van der Waals surface area contributed by atoms with Gasteiger partial charge in [-0.1, -0.05) is 44.2 Å². The lowest BCUT2D eigenvalue weighted by Crippen LogP contribution is -2.50. The van der Waals surface area contributed by atoms with Gasteiger partial charge in [0.25, 0.3) is 5.91 Å². The highest BCUT2D eigenvalue weighted by Gasteiger charge is 2.32. The molecule has 2 aromatic heterocycles. The monoisotopic (exact) mass is 581 g/mol. The van der Waals surface area contributed by atoms with Crippen molar-refractivity contribution in [1.29, 1.82) is 0 Å². The number of hydrogen-bond acceptors (Lipinski definition) is 8. The van der Waals surface area contributed by atoms with Crippen LogP contribution >= 0.6 is 0 Å². The van der Waals surface area contributed by atoms with Crippen molar-refractivity contribution in [3.8, 4) is 0 Å². The van der Waals surface area contributed by atoms with E-state index in [-0.39, 0.29) is 41.9 Å². The number of aromatic nitrogens is 2. The van der Waals surface area contributed by atoms with E-state index in [4.69, 9.17) is 4.42 Å². The summed E-state index contributed by atoms with van der Waals surface area (Å²) in [5.74, 6) is -0.588. The minimum Gasteiger partial charge on any atom is -0.465 e. The Morgan fingerprint density at radius 3 is 2.46 bits per heavy atom. The molecule has 216 valence electrons. The van der Waals surface area contributed by atoms with Gasteiger partial charge in [0, 0.05) is 31.5 Å². The van der Waals surface area contributed by atoms with Crippen LogP contribution in [0.1, 0.15) is 29.8 Å². The summed E-state index contributed by atoms with van der Waals surface area (Å²) in [5.41, 5.74) is 1.54. The predicted molar refractivity (Wildman–Crippen MR) is 151 cm³/mol. The second-order valence-corrected chi connectivity index (χ2v) is 11.8. The summed E-state index contributed by atoms with van der Waals surface area (Å²) < 4.78 is 34.3. The Bertz CT molecular complexity index is 1590. The van der Waals surface area contributed by atoms with E-state index >= 15 is 0 Å². The van der Waals surface area contributed by atoms with Crippen LogP contribution in [-0.2, 0) is 16.4 Å². The first kappa shape index (κ1) is 29.6. The Morgan fingerprint density at radius 2 is 1.80 bits per heavy atom. The van der Waals surface area contributed by atoms with Crippen LogP contribution in [0, 0.1) is 5.92 Å². The van der Waals surface area contributed by atoms with E-state index in [2.05, 4.69) is 20.6 Å². The van der Waals surface area contributed by atoms with Crippen molar-refractivity contribution >= 4 is 39.1 Å². The van der Waals surface area contributed by atoms with Crippen molar-refractivity contribution in [1.82, 2.24) is 19.6 Å². The number of rotatable bonds is 12. The molecule has 2 amide bonds. The van der Waals surface area contributed by atoms with Crippen LogP contribution in [0.4, 0.5) is 10.8 Å². The average Bonchev–Trinajstić information content (AvgIpc) is 3.34. The van der Waals surface area contributed by atoms with Crippen LogP contribution in [0.25, 0.3) is 11.1 Å². The minimum atomic E-state index is -4.16. The van der Waals surface area contributed by atoms with Gasteiger partial charge in [-0.25, -0.2) is 13.2 Å². The first-order chi connectivity index (χ1) is 19.5. The Labute approximate surface area is 237 Å². The molecule has 0 aliphatic rings. The highest BCUT2D eigenvalue weighted by molar-refractivity contribution is 7.89. The molecule has 2 heterocycles. The quantitative estimate of drug-likeness (QED) is 0.195. The molecule has 13 heteroatoms. The average molecular weight is 582 g/mol. The van der Waals surface area contributed by atoms with Gasteiger partial charge in [0.05, 0.1) is 22.6 Å². The molecule has 2 atom stereocenters. The Kier molecular flexibility index (Phi) is 9.32. The maximum Gasteiger partial charge on any atom is 0.404 e. The lowest BCUT2D eigenvalue weighted by atomic mass is 10.0. The number of hydrogen-bond donors (Lipinski definition) is 4. The molecular weight excluding hydrogens is 550 g/mol. The van der Waals surface area contributed by atoms with Crippen molar-refractivity contribution < 1.29 is 32.6 Å². The fraction of sp³-hybridized carbons (Fsp3) is 0.286. The van der Waals surface area contributed by atoms with Gasteiger partial charge in [0.15, 0.2) is 5.58 Å². The van der Waals surface area contributed by atoms with Gasteiger partial charge in [-0.15, -0.1) is 0 Å². The molecule has 0 aliphatic carbocycles. The van der Waals surface area contributed by atoms with Crippen molar-refractivity contribution in [2.24, 2.45) is 5.92 Å². The largest absolute Gasteiger partial charge is 0.465 e. The summed E-state index contributed by atoms with van der Waals surface area (Å²) in [6.07, 6.45) is 0.415. The van der Waals surface area contributed by atoms with E-state index in [0.29, 0.717) is 11.1 Å². The van der Waals surface area contributed by atoms with Crippen LogP contribution in [0.2, 0.25) is 0 Å². The maximum atomic E-state index is 13.8. The summed E-state index contributed by atoms with van der Waals surface area (Å²) in [4.78, 5) is 31.9. The van der Waals surface area contributed by atoms with E-state index in [1.807, 2.05) is 19.9 Å². The van der Waals surface area contributed by atoms with Gasteiger partial charge in [-0.2, -0.15) is 9.29 Å². The van der Waals surface area contributed by atoms with E-state index in [1.54, 1.807) is 36.4 Å². The highest BCUT2D eigenvalue weighted by atomic mass is 32.2. The Balaban J connectivity index is 1.57. The number of nitrogens with zero attached hydrogens (tertiary/aromatic N) is 3. The molecule has 0 spiro atoms. The third-order valence-electron chi connectivity index (χ3n) is 6.17. The summed E-state index contributed by atoms with van der Waals surface area (Å²) in [5, 5.41) is 25.3. The fourth-order valence-corrected chi connectivity index (χ4v) is 5.90. The molecule has 0 bridgehead atoms. The van der Waals surface area contributed by atoms with Crippen molar-refractivity contribution in [2.75, 3.05) is 18.4 Å². The van der Waals surface area contributed by atoms with Crippen LogP contribution < -0.4 is 10.6 Å². The van der Waals surface area contributed by atoms with E-state index in [1.165, 1.54) is 30.6 Å². The first-order valence-corrected chi connectivity index (χ1v) is 14.3. The summed E-state index contributed by atoms with van der Waals surface area (Å²) in [6.45, 7) is 3.40. The molecule has 41 heavy (non-hydrogen) atoms. The van der Waals surface area contributed by atoms with Gasteiger partial charge >= 0.3 is 12.1 Å². The molecule has 12 nitrogen and oxygen atoms in total. The zero-order chi connectivity index (χ0) is 29.6. The molecule has 0 radical (unpaired) electrons. The number of nitrogens with one attached hydrogen (secondary N) is 2. The van der Waals surface area contributed by atoms with E-state index in [9.17, 15) is 28.2 Å². The summed E-state index contributed by atoms with van der Waals surface area (Å²) in [7, 11) is -4.16. The number of aliphatic hydroxyl groups is 1. The van der Waals surface area contributed by atoms with Gasteiger partial charge in [-0.05, 0) is 42.2 Å². The third-order valence-corrected chi connectivity index (χ3v) is 8.00. The lowest BCUT2D eigenvalue weighted by Gasteiger charge is -2.30. The van der Waals surface area contributed by atoms with Gasteiger partial charge in [-0.3, -0.25) is 15.1 Å². The minimum absolute atomic E-state index is 0.0748. The topological polar surface area (TPSA) is 175 Å². The smallest absolute Gasteiger partial charge is 0.404 e. The highest BCUT2D eigenvalue weighted by Crippen LogP contribution is 2.26. The van der Waals surface area contributed by atoms with Crippen LogP contribution in [0.5, 0.6) is 0 Å². The molecule has 4 N–H and O–H groups in total. The molecular formula is C28H31N5O7S. The SMILES string of the molecule is CC(C)CN(CC(O)C(Cc1ccccc1)NC(=O)O)S(=O)(=O)c1ccc2nc(NC(=O)c3cccnc3)oc2c1. The number of benzene rings is 2. The molecule has 2 unspecified atom stereocenters. The van der Waals surface area contributed by atoms with Crippen LogP contribution in [-0.4, -0.2) is 70.1 Å². The van der Waals surface area contributed by atoms with Crippen molar-refractivity contribution in [2.45, 2.75) is 37.3 Å². The normalized spacial score (nSPS) is 13.3. The van der Waals surface area contributed by atoms with Gasteiger partial charge in [0.1, 0.15) is 5.52 Å². The second-order valence-electron chi connectivity index (χ2n) is 9.87. The fourth-order valence-electron chi connectivity index (χ4n) is 4.26. The van der Waals surface area contributed by atoms with Gasteiger partial charge < -0.3 is 19.9 Å². The van der Waals surface area contributed by atoms with Crippen molar-refractivity contribution in [3.05, 3.63) is 84.2 Å². The van der Waals surface area contributed by atoms with Gasteiger partial charge in [0.2, 0.25) is 10.0 Å². The Hall–Kier alpha value is -4.33. The number of anilines is 1. The number of oxazole rings is 1. The maximum absolute atomic E-state index is 13.8. The molecule has 0 aliphatic heterocycles. The Morgan fingerprint density at radius 1 is 1.05 bits per heavy atom. The molecule has 0 saturated carbocycles. The van der Waals surface area contributed by atoms with Crippen LogP contribution in [0.15, 0.2) is 82.4 Å². The van der Waals surface area contributed by atoms with E-state index < -0.39 is 34.2 Å². The summed E-state index contributed by atoms with van der Waals surface area (Å²) in [6, 6.07) is 15.2. The summed E-state index contributed by atoms with van der Waals surface area (Å²) >= 11 is 0. The molecule has 0 fully saturated rings. The van der Waals surface area contributed by atoms with Crippen LogP contribution in [0.3, 0.4) is 0 Å². The number of amides is 2. The zero-order valence-electron chi connectivity index (χ0n) is 22.5. The number of sulfonamides is 1. The lowest BCUT2D eigenvalue weighted by molar-refractivity contribution is 0.0980. The number of aliphatic hydroxyl groups excluding tert-OH is 1. The molecule has 0 saturated heterocycles. The molecule has 2 aromatic carbocycles. The number of carbonyl (C=O) groups is 2. The second kappa shape index (κ2) is 12.9. The van der Waals surface area contributed by atoms with Crippen molar-refractivity contribution in [3.63, 3.8) is 0 Å². The number of carboxylic acid groups (broad SMARTS) is 1. The predicted octanol–water partition coefficient (Wildman–Crippen LogP) is 3.36. The number of carbonyl (C=O) groups excluding carboxylic acids is 1. The molecule has 4 aromatic rings. The van der Waals surface area contributed by atoms with E-state index in [0.717, 1.165) is 9.87 Å².